The third-order valence-corrected chi connectivity index (χ3v) is 7.46. The fourth-order valence-electron chi connectivity index (χ4n) is 5.39. The number of aromatic hydroxyl groups is 2. The number of fused-ring (bicyclic) bond motifs is 1. The average molecular weight is 486 g/mol. The van der Waals surface area contributed by atoms with Gasteiger partial charge in [-0.1, -0.05) is 37.3 Å². The zero-order valence-electron chi connectivity index (χ0n) is 21.2. The van der Waals surface area contributed by atoms with Crippen LogP contribution < -0.4 is 4.74 Å². The third kappa shape index (κ3) is 5.07. The van der Waals surface area contributed by atoms with Crippen molar-refractivity contribution in [1.29, 1.82) is 0 Å². The molecule has 0 bridgehead atoms. The first-order valence-electron chi connectivity index (χ1n) is 12.8. The molecule has 4 atom stereocenters. The van der Waals surface area contributed by atoms with Crippen molar-refractivity contribution >= 4 is 11.1 Å². The van der Waals surface area contributed by atoms with Crippen LogP contribution >= 0.6 is 0 Å². The highest BCUT2D eigenvalue weighted by atomic mass is 16.5. The smallest absolute Gasteiger partial charge is 0.134 e. The molecule has 1 aliphatic carbocycles. The number of hydrogen-bond donors (Lipinski definition) is 2. The van der Waals surface area contributed by atoms with Crippen LogP contribution in [-0.4, -0.2) is 47.0 Å². The van der Waals surface area contributed by atoms with E-state index in [0.29, 0.717) is 12.6 Å². The molecule has 5 rings (SSSR count). The van der Waals surface area contributed by atoms with Gasteiger partial charge in [-0.3, -0.25) is 4.90 Å². The first kappa shape index (κ1) is 24.3. The number of rotatable bonds is 6. The highest BCUT2D eigenvalue weighted by Gasteiger charge is 2.32. The molecule has 5 heteroatoms. The Morgan fingerprint density at radius 3 is 2.72 bits per heavy atom. The van der Waals surface area contributed by atoms with E-state index >= 15 is 0 Å². The fraction of sp³-hybridized carbons (Fsp3) is 0.355. The average Bonchev–Trinajstić information content (AvgIpc) is 3.16. The second-order valence-corrected chi connectivity index (χ2v) is 10.2. The van der Waals surface area contributed by atoms with Gasteiger partial charge in [-0.25, -0.2) is 0 Å². The Balaban J connectivity index is 1.38. The van der Waals surface area contributed by atoms with Gasteiger partial charge in [0.2, 0.25) is 0 Å². The number of allylic oxidation sites excluding steroid dienone is 4. The lowest BCUT2D eigenvalue weighted by atomic mass is 9.83. The highest BCUT2D eigenvalue weighted by molar-refractivity contribution is 5.95. The third-order valence-electron chi connectivity index (χ3n) is 7.46. The minimum atomic E-state index is -0.297. The number of likely N-dealkylation sites (tertiary alicyclic amines) is 1. The number of benzene rings is 2. The molecule has 0 amide bonds. The Morgan fingerprint density at radius 1 is 1.11 bits per heavy atom. The number of nitrogens with zero attached hydrogens (tertiary/aromatic N) is 1. The van der Waals surface area contributed by atoms with E-state index in [1.54, 1.807) is 24.3 Å². The predicted molar refractivity (Wildman–Crippen MR) is 144 cm³/mol. The van der Waals surface area contributed by atoms with E-state index in [4.69, 9.17) is 9.47 Å². The summed E-state index contributed by atoms with van der Waals surface area (Å²) in [6.07, 6.45) is 11.3. The maximum atomic E-state index is 10.2. The maximum absolute atomic E-state index is 10.2. The minimum absolute atomic E-state index is 0.0477. The summed E-state index contributed by atoms with van der Waals surface area (Å²) in [5, 5.41) is 20.3. The molecule has 3 aliphatic rings. The lowest BCUT2D eigenvalue weighted by Crippen LogP contribution is -2.34. The van der Waals surface area contributed by atoms with Crippen molar-refractivity contribution in [3.8, 4) is 17.2 Å². The quantitative estimate of drug-likeness (QED) is 0.513. The molecule has 2 heterocycles. The standard InChI is InChI=1S/C31H35NO4/c1-20-14-15-32(18-20)21(2)19-35-27-9-5-6-23(10-12-27)31-30(24-7-4-8-25(33)16-24)22(3)28-17-26(34)11-13-29(28)36-31/h4-13,16-17,20-21,23,31,33-34H,14-15,18-19H2,1-3H3/t20-,21+,23?,31-/m1/s1. The van der Waals surface area contributed by atoms with Gasteiger partial charge in [-0.05, 0) is 86.4 Å². The zero-order valence-corrected chi connectivity index (χ0v) is 21.2. The summed E-state index contributed by atoms with van der Waals surface area (Å²) < 4.78 is 12.7. The topological polar surface area (TPSA) is 62.2 Å². The zero-order chi connectivity index (χ0) is 25.2. The van der Waals surface area contributed by atoms with Gasteiger partial charge in [-0.15, -0.1) is 0 Å². The second-order valence-electron chi connectivity index (χ2n) is 10.2. The van der Waals surface area contributed by atoms with Crippen molar-refractivity contribution in [2.24, 2.45) is 11.8 Å². The van der Waals surface area contributed by atoms with Crippen molar-refractivity contribution in [1.82, 2.24) is 4.90 Å². The molecular formula is C31H35NO4. The van der Waals surface area contributed by atoms with Crippen molar-refractivity contribution < 1.29 is 19.7 Å². The largest absolute Gasteiger partial charge is 0.508 e. The van der Waals surface area contributed by atoms with Crippen LogP contribution in [0.15, 0.2) is 78.6 Å². The van der Waals surface area contributed by atoms with E-state index in [9.17, 15) is 10.2 Å². The summed E-state index contributed by atoms with van der Waals surface area (Å²) in [4.78, 5) is 2.50. The number of phenolic OH excluding ortho intramolecular Hbond substituents is 2. The van der Waals surface area contributed by atoms with E-state index in [1.807, 2.05) is 43.4 Å². The molecule has 5 nitrogen and oxygen atoms in total. The Morgan fingerprint density at radius 2 is 1.94 bits per heavy atom. The molecule has 2 aromatic carbocycles. The van der Waals surface area contributed by atoms with Gasteiger partial charge in [-0.2, -0.15) is 0 Å². The van der Waals surface area contributed by atoms with E-state index < -0.39 is 0 Å². The van der Waals surface area contributed by atoms with Crippen LogP contribution in [0.2, 0.25) is 0 Å². The van der Waals surface area contributed by atoms with Gasteiger partial charge >= 0.3 is 0 Å². The normalized spacial score (nSPS) is 24.6. The number of hydrogen-bond acceptors (Lipinski definition) is 5. The molecule has 1 unspecified atom stereocenters. The monoisotopic (exact) mass is 485 g/mol. The molecule has 36 heavy (non-hydrogen) atoms. The predicted octanol–water partition coefficient (Wildman–Crippen LogP) is 6.16. The van der Waals surface area contributed by atoms with Crippen LogP contribution in [0, 0.1) is 11.8 Å². The van der Waals surface area contributed by atoms with Gasteiger partial charge < -0.3 is 19.7 Å². The van der Waals surface area contributed by atoms with E-state index in [-0.39, 0.29) is 23.5 Å². The molecular weight excluding hydrogens is 450 g/mol. The number of phenols is 2. The van der Waals surface area contributed by atoms with Gasteiger partial charge in [0, 0.05) is 29.6 Å². The van der Waals surface area contributed by atoms with Gasteiger partial charge in [0.1, 0.15) is 35.7 Å². The van der Waals surface area contributed by atoms with Crippen molar-refractivity contribution in [3.63, 3.8) is 0 Å². The van der Waals surface area contributed by atoms with Crippen LogP contribution in [0.5, 0.6) is 17.2 Å². The molecule has 2 N–H and O–H groups in total. The van der Waals surface area contributed by atoms with E-state index in [1.165, 1.54) is 6.42 Å². The summed E-state index contributed by atoms with van der Waals surface area (Å²) in [6.45, 7) is 9.53. The van der Waals surface area contributed by atoms with Crippen LogP contribution in [0.3, 0.4) is 0 Å². The van der Waals surface area contributed by atoms with Crippen LogP contribution in [0.4, 0.5) is 0 Å². The summed E-state index contributed by atoms with van der Waals surface area (Å²) in [5.41, 5.74) is 3.77. The van der Waals surface area contributed by atoms with Gasteiger partial charge in [0.25, 0.3) is 0 Å². The fourth-order valence-corrected chi connectivity index (χ4v) is 5.39. The summed E-state index contributed by atoms with van der Waals surface area (Å²) in [5.74, 6) is 2.70. The Bertz CT molecular complexity index is 1240. The first-order chi connectivity index (χ1) is 17.4. The molecule has 1 fully saturated rings. The van der Waals surface area contributed by atoms with Crippen LogP contribution in [0.1, 0.15) is 38.3 Å². The molecule has 0 aromatic heterocycles. The van der Waals surface area contributed by atoms with Crippen molar-refractivity contribution in [2.75, 3.05) is 19.7 Å². The van der Waals surface area contributed by atoms with Crippen molar-refractivity contribution in [2.45, 2.75) is 39.3 Å². The molecule has 2 aliphatic heterocycles. The number of ether oxygens (including phenoxy) is 2. The summed E-state index contributed by atoms with van der Waals surface area (Å²) in [6, 6.07) is 12.8. The highest BCUT2D eigenvalue weighted by Crippen LogP contribution is 2.44. The van der Waals surface area contributed by atoms with Gasteiger partial charge in [0.15, 0.2) is 0 Å². The SMILES string of the molecule is CC1=C(c2cccc(O)c2)[C@@H](C2C=CC=C(OC[C@H](C)N3CC[C@@H](C)C3)C=C2)Oc2ccc(O)cc21. The molecule has 0 radical (unpaired) electrons. The summed E-state index contributed by atoms with van der Waals surface area (Å²) >= 11 is 0. The molecule has 2 aromatic rings. The summed E-state index contributed by atoms with van der Waals surface area (Å²) in [7, 11) is 0. The van der Waals surface area contributed by atoms with Crippen LogP contribution in [-0.2, 0) is 4.74 Å². The molecule has 0 spiro atoms. The lowest BCUT2D eigenvalue weighted by molar-refractivity contribution is 0.127. The Hall–Kier alpha value is -3.44. The van der Waals surface area contributed by atoms with E-state index in [2.05, 4.69) is 30.9 Å². The first-order valence-corrected chi connectivity index (χ1v) is 12.8. The molecule has 188 valence electrons. The van der Waals surface area contributed by atoms with E-state index in [0.717, 1.165) is 52.8 Å². The second kappa shape index (κ2) is 10.3. The van der Waals surface area contributed by atoms with Gasteiger partial charge in [0.05, 0.1) is 0 Å². The molecule has 0 saturated carbocycles. The Labute approximate surface area is 213 Å². The lowest BCUT2D eigenvalue weighted by Gasteiger charge is -2.33. The van der Waals surface area contributed by atoms with Crippen molar-refractivity contribution in [3.05, 3.63) is 89.7 Å². The maximum Gasteiger partial charge on any atom is 0.134 e. The minimum Gasteiger partial charge on any atom is -0.508 e. The van der Waals surface area contributed by atoms with Crippen LogP contribution in [0.25, 0.3) is 11.1 Å². The Kier molecular flexibility index (Phi) is 6.92. The molecule has 1 saturated heterocycles.